The SMILES string of the molecule is C=C(C)COc1ccccc1C(C)CCN. The van der Waals surface area contributed by atoms with E-state index in [2.05, 4.69) is 19.6 Å². The molecule has 0 aliphatic carbocycles. The van der Waals surface area contributed by atoms with Crippen LogP contribution in [0.4, 0.5) is 0 Å². The first-order valence-corrected chi connectivity index (χ1v) is 5.71. The molecule has 2 nitrogen and oxygen atoms in total. The number of hydrogen-bond donors (Lipinski definition) is 1. The van der Waals surface area contributed by atoms with Crippen LogP contribution in [0.15, 0.2) is 36.4 Å². The minimum absolute atomic E-state index is 0.436. The number of ether oxygens (including phenoxy) is 1. The molecule has 0 aliphatic heterocycles. The molecule has 2 heteroatoms. The number of benzene rings is 1. The Bertz CT molecular complexity index is 346. The zero-order chi connectivity index (χ0) is 12.0. The lowest BCUT2D eigenvalue weighted by Crippen LogP contribution is -2.07. The Morgan fingerprint density at radius 2 is 2.12 bits per heavy atom. The van der Waals surface area contributed by atoms with Crippen molar-refractivity contribution in [3.63, 3.8) is 0 Å². The maximum atomic E-state index is 5.73. The third-order valence-electron chi connectivity index (χ3n) is 2.52. The first-order chi connectivity index (χ1) is 7.65. The van der Waals surface area contributed by atoms with Crippen molar-refractivity contribution < 1.29 is 4.74 Å². The van der Waals surface area contributed by atoms with E-state index in [1.54, 1.807) is 0 Å². The first-order valence-electron chi connectivity index (χ1n) is 5.71. The Kier molecular flexibility index (Phi) is 5.06. The Morgan fingerprint density at radius 3 is 2.75 bits per heavy atom. The molecule has 1 rings (SSSR count). The summed E-state index contributed by atoms with van der Waals surface area (Å²) in [5, 5.41) is 0. The summed E-state index contributed by atoms with van der Waals surface area (Å²) in [5.74, 6) is 1.39. The fourth-order valence-corrected chi connectivity index (χ4v) is 1.63. The summed E-state index contributed by atoms with van der Waals surface area (Å²) in [4.78, 5) is 0. The molecule has 0 saturated carbocycles. The van der Waals surface area contributed by atoms with Crippen molar-refractivity contribution in [3.05, 3.63) is 42.0 Å². The molecule has 1 atom stereocenters. The van der Waals surface area contributed by atoms with Crippen molar-refractivity contribution in [3.8, 4) is 5.75 Å². The maximum Gasteiger partial charge on any atom is 0.123 e. The summed E-state index contributed by atoms with van der Waals surface area (Å²) in [6.07, 6.45) is 0.980. The molecule has 0 bridgehead atoms. The van der Waals surface area contributed by atoms with Gasteiger partial charge in [-0.15, -0.1) is 0 Å². The van der Waals surface area contributed by atoms with Gasteiger partial charge < -0.3 is 10.5 Å². The minimum Gasteiger partial charge on any atom is -0.489 e. The monoisotopic (exact) mass is 219 g/mol. The molecular weight excluding hydrogens is 198 g/mol. The molecule has 2 N–H and O–H groups in total. The van der Waals surface area contributed by atoms with Crippen molar-refractivity contribution in [2.24, 2.45) is 5.73 Å². The summed E-state index contributed by atoms with van der Waals surface area (Å²) >= 11 is 0. The fraction of sp³-hybridized carbons (Fsp3) is 0.429. The van der Waals surface area contributed by atoms with Crippen molar-refractivity contribution in [1.29, 1.82) is 0 Å². The van der Waals surface area contributed by atoms with Crippen molar-refractivity contribution in [2.75, 3.05) is 13.2 Å². The lowest BCUT2D eigenvalue weighted by Gasteiger charge is -2.16. The highest BCUT2D eigenvalue weighted by Gasteiger charge is 2.10. The molecule has 1 aromatic rings. The second-order valence-corrected chi connectivity index (χ2v) is 4.26. The van der Waals surface area contributed by atoms with Crippen LogP contribution in [0.2, 0.25) is 0 Å². The van der Waals surface area contributed by atoms with E-state index in [4.69, 9.17) is 10.5 Å². The summed E-state index contributed by atoms with van der Waals surface area (Å²) in [7, 11) is 0. The van der Waals surface area contributed by atoms with Crippen molar-refractivity contribution in [1.82, 2.24) is 0 Å². The van der Waals surface area contributed by atoms with Gasteiger partial charge in [-0.2, -0.15) is 0 Å². The van der Waals surface area contributed by atoms with E-state index in [9.17, 15) is 0 Å². The molecule has 0 heterocycles. The molecule has 0 aliphatic rings. The zero-order valence-corrected chi connectivity index (χ0v) is 10.2. The van der Waals surface area contributed by atoms with Crippen LogP contribution in [0.3, 0.4) is 0 Å². The lowest BCUT2D eigenvalue weighted by atomic mass is 9.97. The molecule has 0 spiro atoms. The fourth-order valence-electron chi connectivity index (χ4n) is 1.63. The standard InChI is InChI=1S/C14H21NO/c1-11(2)10-16-14-7-5-4-6-13(14)12(3)8-9-15/h4-7,12H,1,8-10,15H2,2-3H3. The molecule has 88 valence electrons. The van der Waals surface area contributed by atoms with Gasteiger partial charge in [0, 0.05) is 0 Å². The summed E-state index contributed by atoms with van der Waals surface area (Å²) in [5.41, 5.74) is 7.84. The molecule has 1 aromatic carbocycles. The second-order valence-electron chi connectivity index (χ2n) is 4.26. The van der Waals surface area contributed by atoms with Crippen LogP contribution in [-0.2, 0) is 0 Å². The number of hydrogen-bond acceptors (Lipinski definition) is 2. The largest absolute Gasteiger partial charge is 0.489 e. The molecule has 0 radical (unpaired) electrons. The van der Waals surface area contributed by atoms with E-state index in [-0.39, 0.29) is 0 Å². The topological polar surface area (TPSA) is 35.2 Å². The number of nitrogens with two attached hydrogens (primary N) is 1. The lowest BCUT2D eigenvalue weighted by molar-refractivity contribution is 0.346. The molecule has 0 fully saturated rings. The molecule has 0 aromatic heterocycles. The zero-order valence-electron chi connectivity index (χ0n) is 10.2. The van der Waals surface area contributed by atoms with Gasteiger partial charge in [0.2, 0.25) is 0 Å². The van der Waals surface area contributed by atoms with Gasteiger partial charge in [0.15, 0.2) is 0 Å². The van der Waals surface area contributed by atoms with Gasteiger partial charge in [-0.3, -0.25) is 0 Å². The van der Waals surface area contributed by atoms with E-state index < -0.39 is 0 Å². The Morgan fingerprint density at radius 1 is 1.44 bits per heavy atom. The summed E-state index contributed by atoms with van der Waals surface area (Å²) < 4.78 is 5.73. The Labute approximate surface area is 98.1 Å². The van der Waals surface area contributed by atoms with Crippen molar-refractivity contribution >= 4 is 0 Å². The smallest absolute Gasteiger partial charge is 0.123 e. The average Bonchev–Trinajstić information content (AvgIpc) is 2.27. The van der Waals surface area contributed by atoms with Gasteiger partial charge in [-0.1, -0.05) is 31.7 Å². The summed E-state index contributed by atoms with van der Waals surface area (Å²) in [6.45, 7) is 9.26. The first kappa shape index (κ1) is 12.8. The molecule has 1 unspecified atom stereocenters. The van der Waals surface area contributed by atoms with Gasteiger partial charge >= 0.3 is 0 Å². The van der Waals surface area contributed by atoms with E-state index >= 15 is 0 Å². The predicted molar refractivity (Wildman–Crippen MR) is 68.8 cm³/mol. The molecule has 0 saturated heterocycles. The van der Waals surface area contributed by atoms with Gasteiger partial charge in [-0.05, 0) is 43.0 Å². The normalized spacial score (nSPS) is 12.2. The van der Waals surface area contributed by atoms with Crippen LogP contribution in [-0.4, -0.2) is 13.2 Å². The van der Waals surface area contributed by atoms with Crippen molar-refractivity contribution in [2.45, 2.75) is 26.2 Å². The molecule has 16 heavy (non-hydrogen) atoms. The highest BCUT2D eigenvalue weighted by molar-refractivity contribution is 5.36. The highest BCUT2D eigenvalue weighted by Crippen LogP contribution is 2.28. The van der Waals surface area contributed by atoms with Crippen LogP contribution in [0, 0.1) is 0 Å². The highest BCUT2D eigenvalue weighted by atomic mass is 16.5. The Balaban J connectivity index is 2.78. The van der Waals surface area contributed by atoms with Gasteiger partial charge in [0.05, 0.1) is 0 Å². The van der Waals surface area contributed by atoms with Crippen LogP contribution in [0.5, 0.6) is 5.75 Å². The Hall–Kier alpha value is -1.28. The van der Waals surface area contributed by atoms with E-state index in [1.807, 2.05) is 25.1 Å². The minimum atomic E-state index is 0.436. The van der Waals surface area contributed by atoms with Gasteiger partial charge in [-0.25, -0.2) is 0 Å². The quantitative estimate of drug-likeness (QED) is 0.746. The molecular formula is C14H21NO. The van der Waals surface area contributed by atoms with E-state index in [0.717, 1.165) is 17.7 Å². The number of rotatable bonds is 6. The average molecular weight is 219 g/mol. The van der Waals surface area contributed by atoms with Crippen LogP contribution in [0.25, 0.3) is 0 Å². The number of para-hydroxylation sites is 1. The van der Waals surface area contributed by atoms with Crippen LogP contribution >= 0.6 is 0 Å². The maximum absolute atomic E-state index is 5.73. The predicted octanol–water partition coefficient (Wildman–Crippen LogP) is 3.09. The third kappa shape index (κ3) is 3.70. The van der Waals surface area contributed by atoms with Gasteiger partial charge in [0.25, 0.3) is 0 Å². The van der Waals surface area contributed by atoms with E-state index in [1.165, 1.54) is 5.56 Å². The van der Waals surface area contributed by atoms with Crippen LogP contribution in [0.1, 0.15) is 31.7 Å². The third-order valence-corrected chi connectivity index (χ3v) is 2.52. The van der Waals surface area contributed by atoms with E-state index in [0.29, 0.717) is 19.1 Å². The van der Waals surface area contributed by atoms with Gasteiger partial charge in [0.1, 0.15) is 12.4 Å². The second kappa shape index (κ2) is 6.33. The van der Waals surface area contributed by atoms with Crippen LogP contribution < -0.4 is 10.5 Å². The molecule has 0 amide bonds. The summed E-state index contributed by atoms with van der Waals surface area (Å²) in [6, 6.07) is 8.14.